The molecule has 0 aliphatic carbocycles. The lowest BCUT2D eigenvalue weighted by atomic mass is 9.76. The standard InChI is InChI=1S/C37H35NO/c1-24-23-38-34(22-32(24)25(2)37(3,4)5)30-15-17-35-33(20-30)31-16-14-29(21-36(31)39-35)28-13-9-12-27(19-28)18-26-10-7-6-8-11-26/h6-17,19-23,25H,18H2,1-5H3. The van der Waals surface area contributed by atoms with Crippen molar-refractivity contribution >= 4 is 21.9 Å². The first kappa shape index (κ1) is 25.1. The van der Waals surface area contributed by atoms with Gasteiger partial charge >= 0.3 is 0 Å². The van der Waals surface area contributed by atoms with Gasteiger partial charge in [-0.25, -0.2) is 0 Å². The molecule has 1 unspecified atom stereocenters. The summed E-state index contributed by atoms with van der Waals surface area (Å²) in [4.78, 5) is 4.81. The summed E-state index contributed by atoms with van der Waals surface area (Å²) in [5.41, 5.74) is 11.7. The number of hydrogen-bond acceptors (Lipinski definition) is 2. The van der Waals surface area contributed by atoms with Crippen molar-refractivity contribution in [1.29, 1.82) is 0 Å². The number of nitrogens with zero attached hydrogens (tertiary/aromatic N) is 1. The molecular formula is C37H35NO. The second-order valence-corrected chi connectivity index (χ2v) is 11.9. The van der Waals surface area contributed by atoms with E-state index in [-0.39, 0.29) is 5.41 Å². The van der Waals surface area contributed by atoms with E-state index in [9.17, 15) is 0 Å². The van der Waals surface area contributed by atoms with Crippen LogP contribution in [-0.2, 0) is 6.42 Å². The zero-order valence-corrected chi connectivity index (χ0v) is 23.5. The van der Waals surface area contributed by atoms with Gasteiger partial charge in [0.25, 0.3) is 0 Å². The Morgan fingerprint density at radius 3 is 2.23 bits per heavy atom. The van der Waals surface area contributed by atoms with Crippen LogP contribution < -0.4 is 0 Å². The fourth-order valence-electron chi connectivity index (χ4n) is 5.44. The van der Waals surface area contributed by atoms with Crippen molar-refractivity contribution < 1.29 is 4.42 Å². The second-order valence-electron chi connectivity index (χ2n) is 11.9. The zero-order valence-electron chi connectivity index (χ0n) is 23.5. The van der Waals surface area contributed by atoms with Gasteiger partial charge in [0, 0.05) is 22.5 Å². The van der Waals surface area contributed by atoms with E-state index >= 15 is 0 Å². The van der Waals surface area contributed by atoms with Crippen LogP contribution in [0, 0.1) is 12.3 Å². The topological polar surface area (TPSA) is 26.0 Å². The normalized spacial score (nSPS) is 12.7. The van der Waals surface area contributed by atoms with Gasteiger partial charge in [-0.15, -0.1) is 0 Å². The van der Waals surface area contributed by atoms with Crippen LogP contribution in [0.4, 0.5) is 0 Å². The van der Waals surface area contributed by atoms with Crippen molar-refractivity contribution in [3.63, 3.8) is 0 Å². The molecule has 0 amide bonds. The van der Waals surface area contributed by atoms with E-state index in [0.717, 1.165) is 45.2 Å². The number of aromatic nitrogens is 1. The Bertz CT molecular complexity index is 1790. The molecule has 2 aromatic heterocycles. The lowest BCUT2D eigenvalue weighted by molar-refractivity contribution is 0.338. The van der Waals surface area contributed by atoms with Gasteiger partial charge in [0.05, 0.1) is 5.69 Å². The predicted molar refractivity (Wildman–Crippen MR) is 164 cm³/mol. The minimum atomic E-state index is 0.187. The van der Waals surface area contributed by atoms with Crippen molar-refractivity contribution in [2.75, 3.05) is 0 Å². The van der Waals surface area contributed by atoms with Gasteiger partial charge in [0.2, 0.25) is 0 Å². The Labute approximate surface area is 231 Å². The summed E-state index contributed by atoms with van der Waals surface area (Å²) >= 11 is 0. The quantitative estimate of drug-likeness (QED) is 0.231. The van der Waals surface area contributed by atoms with Gasteiger partial charge in [-0.2, -0.15) is 0 Å². The molecule has 0 aliphatic heterocycles. The monoisotopic (exact) mass is 509 g/mol. The number of rotatable bonds is 5. The predicted octanol–water partition coefficient (Wildman–Crippen LogP) is 10.4. The molecule has 1 atom stereocenters. The minimum Gasteiger partial charge on any atom is -0.456 e. The van der Waals surface area contributed by atoms with Crippen LogP contribution in [0.3, 0.4) is 0 Å². The Hall–Kier alpha value is -4.17. The van der Waals surface area contributed by atoms with Crippen molar-refractivity contribution in [3.05, 3.63) is 126 Å². The molecule has 0 N–H and O–H groups in total. The number of aryl methyl sites for hydroxylation is 1. The molecule has 4 aromatic carbocycles. The molecular weight excluding hydrogens is 474 g/mol. The maximum absolute atomic E-state index is 6.34. The summed E-state index contributed by atoms with van der Waals surface area (Å²) in [6.07, 6.45) is 2.94. The Balaban J connectivity index is 1.35. The molecule has 0 spiro atoms. The summed E-state index contributed by atoms with van der Waals surface area (Å²) in [6.45, 7) is 11.4. The maximum atomic E-state index is 6.34. The van der Waals surface area contributed by atoms with Crippen LogP contribution in [0.5, 0.6) is 0 Å². The summed E-state index contributed by atoms with van der Waals surface area (Å²) in [5.74, 6) is 0.433. The third-order valence-corrected chi connectivity index (χ3v) is 8.19. The third-order valence-electron chi connectivity index (χ3n) is 8.19. The molecule has 39 heavy (non-hydrogen) atoms. The number of hydrogen-bond donors (Lipinski definition) is 0. The van der Waals surface area contributed by atoms with Crippen molar-refractivity contribution in [2.24, 2.45) is 5.41 Å². The first-order valence-corrected chi connectivity index (χ1v) is 13.8. The molecule has 0 bridgehead atoms. The van der Waals surface area contributed by atoms with Gasteiger partial charge < -0.3 is 4.42 Å². The van der Waals surface area contributed by atoms with Crippen LogP contribution in [0.25, 0.3) is 44.3 Å². The fourth-order valence-corrected chi connectivity index (χ4v) is 5.44. The van der Waals surface area contributed by atoms with Gasteiger partial charge in [0.15, 0.2) is 0 Å². The summed E-state index contributed by atoms with van der Waals surface area (Å²) in [6, 6.07) is 34.7. The molecule has 0 radical (unpaired) electrons. The molecule has 0 saturated carbocycles. The average Bonchev–Trinajstić information content (AvgIpc) is 3.30. The van der Waals surface area contributed by atoms with Crippen LogP contribution in [0.15, 0.2) is 108 Å². The number of furan rings is 1. The lowest BCUT2D eigenvalue weighted by Gasteiger charge is -2.29. The van der Waals surface area contributed by atoms with E-state index in [1.807, 2.05) is 6.20 Å². The molecule has 6 rings (SSSR count). The Morgan fingerprint density at radius 1 is 0.692 bits per heavy atom. The molecule has 2 nitrogen and oxygen atoms in total. The van der Waals surface area contributed by atoms with Crippen LogP contribution in [-0.4, -0.2) is 4.98 Å². The van der Waals surface area contributed by atoms with Crippen molar-refractivity contribution in [3.8, 4) is 22.4 Å². The summed E-state index contributed by atoms with van der Waals surface area (Å²) < 4.78 is 6.34. The number of benzene rings is 4. The summed E-state index contributed by atoms with van der Waals surface area (Å²) in [7, 11) is 0. The Morgan fingerprint density at radius 2 is 1.44 bits per heavy atom. The van der Waals surface area contributed by atoms with E-state index in [0.29, 0.717) is 5.92 Å². The van der Waals surface area contributed by atoms with Crippen molar-refractivity contribution in [1.82, 2.24) is 4.98 Å². The molecule has 2 heterocycles. The highest BCUT2D eigenvalue weighted by atomic mass is 16.3. The average molecular weight is 510 g/mol. The molecule has 0 aliphatic rings. The highest BCUT2D eigenvalue weighted by molar-refractivity contribution is 6.07. The second kappa shape index (κ2) is 9.85. The van der Waals surface area contributed by atoms with Crippen LogP contribution >= 0.6 is 0 Å². The first-order valence-electron chi connectivity index (χ1n) is 13.8. The van der Waals surface area contributed by atoms with Gasteiger partial charge in [-0.3, -0.25) is 4.98 Å². The maximum Gasteiger partial charge on any atom is 0.136 e. The molecule has 0 fully saturated rings. The SMILES string of the molecule is Cc1cnc(-c2ccc3oc4cc(-c5cccc(Cc6ccccc6)c5)ccc4c3c2)cc1C(C)C(C)(C)C. The fraction of sp³-hybridized carbons (Fsp3) is 0.216. The lowest BCUT2D eigenvalue weighted by Crippen LogP contribution is -2.16. The minimum absolute atomic E-state index is 0.187. The number of pyridine rings is 1. The van der Waals surface area contributed by atoms with Crippen molar-refractivity contribution in [2.45, 2.75) is 47.0 Å². The third kappa shape index (κ3) is 5.00. The van der Waals surface area contributed by atoms with Gasteiger partial charge in [-0.05, 0) is 94.5 Å². The largest absolute Gasteiger partial charge is 0.456 e. The van der Waals surface area contributed by atoms with E-state index in [2.05, 4.69) is 132 Å². The van der Waals surface area contributed by atoms with E-state index < -0.39 is 0 Å². The molecule has 0 saturated heterocycles. The Kier molecular flexibility index (Phi) is 6.35. The van der Waals surface area contributed by atoms with Crippen LogP contribution in [0.1, 0.15) is 55.9 Å². The zero-order chi connectivity index (χ0) is 27.1. The summed E-state index contributed by atoms with van der Waals surface area (Å²) in [5, 5.41) is 2.26. The smallest absolute Gasteiger partial charge is 0.136 e. The van der Waals surface area contributed by atoms with E-state index in [1.54, 1.807) is 0 Å². The number of fused-ring (bicyclic) bond motifs is 3. The van der Waals surface area contributed by atoms with E-state index in [4.69, 9.17) is 9.40 Å². The molecule has 2 heteroatoms. The highest BCUT2D eigenvalue weighted by Crippen LogP contribution is 2.38. The first-order chi connectivity index (χ1) is 18.8. The highest BCUT2D eigenvalue weighted by Gasteiger charge is 2.24. The van der Waals surface area contributed by atoms with Gasteiger partial charge in [0.1, 0.15) is 11.2 Å². The van der Waals surface area contributed by atoms with E-state index in [1.165, 1.54) is 27.8 Å². The molecule has 6 aromatic rings. The molecule has 194 valence electrons. The van der Waals surface area contributed by atoms with Gasteiger partial charge in [-0.1, -0.05) is 88.4 Å². The van der Waals surface area contributed by atoms with Crippen LogP contribution in [0.2, 0.25) is 0 Å².